The molecule has 0 aliphatic carbocycles. The molecule has 0 amide bonds. The molecule has 2 unspecified atom stereocenters. The average Bonchev–Trinajstić information content (AvgIpc) is 0.904. The zero-order valence-corrected chi connectivity index (χ0v) is 75.5. The Kier molecular flexibility index (Phi) is 85.4. The first-order chi connectivity index (χ1) is 54.7. The van der Waals surface area contributed by atoms with Crippen molar-refractivity contribution in [3.63, 3.8) is 0 Å². The maximum atomic E-state index is 13.2. The van der Waals surface area contributed by atoms with Crippen molar-refractivity contribution in [3.05, 3.63) is 0 Å². The van der Waals surface area contributed by atoms with E-state index in [1.807, 2.05) is 0 Å². The van der Waals surface area contributed by atoms with Gasteiger partial charge in [0.2, 0.25) is 0 Å². The van der Waals surface area contributed by atoms with Crippen LogP contribution in [-0.2, 0) is 65.4 Å². The first-order valence-corrected chi connectivity index (χ1v) is 51.3. The van der Waals surface area contributed by atoms with Crippen molar-refractivity contribution in [2.45, 2.75) is 534 Å². The number of esters is 4. The molecule has 0 aliphatic heterocycles. The minimum absolute atomic E-state index is 0.109. The molecule has 0 rings (SSSR count). The van der Waals surface area contributed by atoms with Gasteiger partial charge in [-0.1, -0.05) is 464 Å². The molecule has 666 valence electrons. The number of ether oxygens (including phenoxy) is 4. The Bertz CT molecular complexity index is 2100. The molecule has 19 heteroatoms. The Morgan fingerprint density at radius 3 is 0.527 bits per heavy atom. The Balaban J connectivity index is 5.23. The van der Waals surface area contributed by atoms with Gasteiger partial charge in [-0.2, -0.15) is 0 Å². The van der Waals surface area contributed by atoms with E-state index in [0.29, 0.717) is 25.7 Å². The number of rotatable bonds is 94. The summed E-state index contributed by atoms with van der Waals surface area (Å²) in [6.07, 6.45) is 84.9. The van der Waals surface area contributed by atoms with E-state index in [1.165, 1.54) is 347 Å². The highest BCUT2D eigenvalue weighted by Gasteiger charge is 2.31. The van der Waals surface area contributed by atoms with Crippen LogP contribution in [0.3, 0.4) is 0 Å². The molecule has 112 heavy (non-hydrogen) atoms. The van der Waals surface area contributed by atoms with E-state index in [0.717, 1.165) is 89.9 Å². The average molecular weight is 1630 g/mol. The molecule has 0 aromatic carbocycles. The third kappa shape index (κ3) is 85.9. The Hall–Kier alpha value is -1.94. The van der Waals surface area contributed by atoms with E-state index in [9.17, 15) is 43.2 Å². The first kappa shape index (κ1) is 110. The van der Waals surface area contributed by atoms with Crippen LogP contribution >= 0.6 is 15.6 Å². The standard InChI is InChI=1S/C93H182O17P2/c1-5-9-13-17-21-25-29-33-36-38-40-42-44-46-48-51-54-58-62-66-70-74-78-91(96)104-84-89(110-93(98)80-76-72-68-64-60-56-52-49-47-45-43-41-39-37-34-30-26-22-18-14-10-6-2)86-108-112(101,102)106-82-87(94)81-105-111(99,100)107-85-88(83-103-90(95)77-73-69-65-61-57-53-32-28-24-20-16-12-8-4)109-92(97)79-75-71-67-63-59-55-50-35-31-27-23-19-15-11-7-3/h87-89,94H,5-86H2,1-4H3,(H,99,100)(H,101,102)/t87-,88+,89+/m0/s1. The molecule has 0 radical (unpaired) electrons. The van der Waals surface area contributed by atoms with Gasteiger partial charge >= 0.3 is 39.5 Å². The fraction of sp³-hybridized carbons (Fsp3) is 0.957. The van der Waals surface area contributed by atoms with E-state index >= 15 is 0 Å². The van der Waals surface area contributed by atoms with Gasteiger partial charge in [-0.25, -0.2) is 9.13 Å². The lowest BCUT2D eigenvalue weighted by atomic mass is 10.0. The van der Waals surface area contributed by atoms with Crippen molar-refractivity contribution >= 4 is 39.5 Å². The predicted octanol–water partition coefficient (Wildman–Crippen LogP) is 29.3. The van der Waals surface area contributed by atoms with Gasteiger partial charge in [0, 0.05) is 25.7 Å². The maximum absolute atomic E-state index is 13.2. The lowest BCUT2D eigenvalue weighted by Gasteiger charge is -2.21. The summed E-state index contributed by atoms with van der Waals surface area (Å²) in [6.45, 7) is 5.10. The van der Waals surface area contributed by atoms with Crippen LogP contribution in [-0.4, -0.2) is 96.7 Å². The van der Waals surface area contributed by atoms with E-state index in [4.69, 9.17) is 37.0 Å². The molecular formula is C93H182O17P2. The number of unbranched alkanes of at least 4 members (excludes halogenated alkanes) is 68. The SMILES string of the molecule is CCCCCCCCCCCCCCCCCCCCCCCCC(=O)OC[C@H](COP(=O)(O)OC[C@@H](O)COP(=O)(O)OC[C@@H](COC(=O)CCCCCCCCCCCCCCC)OC(=O)CCCCCCCCCCCCCCCCC)OC(=O)CCCCCCCCCCCCCCCCCCCCCCCC. The molecule has 0 saturated heterocycles. The minimum Gasteiger partial charge on any atom is -0.462 e. The summed E-state index contributed by atoms with van der Waals surface area (Å²) < 4.78 is 69.1. The summed E-state index contributed by atoms with van der Waals surface area (Å²) in [5.74, 6) is -2.09. The minimum atomic E-state index is -4.97. The summed E-state index contributed by atoms with van der Waals surface area (Å²) in [6, 6.07) is 0. The number of aliphatic hydroxyl groups excluding tert-OH is 1. The quantitative estimate of drug-likeness (QED) is 0.0222. The van der Waals surface area contributed by atoms with Crippen molar-refractivity contribution in [1.29, 1.82) is 0 Å². The molecule has 0 aliphatic rings. The fourth-order valence-corrected chi connectivity index (χ4v) is 16.3. The normalized spacial score (nSPS) is 13.6. The summed E-state index contributed by atoms with van der Waals surface area (Å²) in [5, 5.41) is 10.7. The second-order valence-electron chi connectivity index (χ2n) is 33.4. The zero-order chi connectivity index (χ0) is 81.7. The van der Waals surface area contributed by atoms with Crippen LogP contribution in [0.15, 0.2) is 0 Å². The van der Waals surface area contributed by atoms with Gasteiger partial charge in [0.25, 0.3) is 0 Å². The van der Waals surface area contributed by atoms with Crippen LogP contribution in [0.4, 0.5) is 0 Å². The topological polar surface area (TPSA) is 237 Å². The van der Waals surface area contributed by atoms with Crippen molar-refractivity contribution < 1.29 is 80.2 Å². The molecule has 5 atom stereocenters. The molecule has 0 spiro atoms. The van der Waals surface area contributed by atoms with Gasteiger partial charge in [0.05, 0.1) is 26.4 Å². The second-order valence-corrected chi connectivity index (χ2v) is 36.3. The third-order valence-electron chi connectivity index (χ3n) is 22.1. The lowest BCUT2D eigenvalue weighted by Crippen LogP contribution is -2.30. The Morgan fingerprint density at radius 1 is 0.214 bits per heavy atom. The maximum Gasteiger partial charge on any atom is 0.472 e. The number of phosphoric acid groups is 2. The largest absolute Gasteiger partial charge is 0.472 e. The van der Waals surface area contributed by atoms with E-state index in [2.05, 4.69) is 27.7 Å². The number of aliphatic hydroxyl groups is 1. The lowest BCUT2D eigenvalue weighted by molar-refractivity contribution is -0.161. The Labute approximate surface area is 689 Å². The smallest absolute Gasteiger partial charge is 0.462 e. The molecule has 0 heterocycles. The molecule has 0 fully saturated rings. The van der Waals surface area contributed by atoms with E-state index in [-0.39, 0.29) is 25.7 Å². The van der Waals surface area contributed by atoms with Crippen molar-refractivity contribution in [2.75, 3.05) is 39.6 Å². The van der Waals surface area contributed by atoms with Crippen LogP contribution in [0, 0.1) is 0 Å². The molecule has 0 aromatic rings. The van der Waals surface area contributed by atoms with Gasteiger partial charge in [-0.15, -0.1) is 0 Å². The van der Waals surface area contributed by atoms with Gasteiger partial charge in [0.15, 0.2) is 12.2 Å². The summed E-state index contributed by atoms with van der Waals surface area (Å²) >= 11 is 0. The first-order valence-electron chi connectivity index (χ1n) is 48.3. The molecular weight excluding hydrogens is 1450 g/mol. The molecule has 17 nitrogen and oxygen atoms in total. The number of carbonyl (C=O) groups excluding carboxylic acids is 4. The van der Waals surface area contributed by atoms with Crippen LogP contribution in [0.1, 0.15) is 516 Å². The summed E-state index contributed by atoms with van der Waals surface area (Å²) in [5.41, 5.74) is 0. The highest BCUT2D eigenvalue weighted by molar-refractivity contribution is 7.47. The van der Waals surface area contributed by atoms with Gasteiger partial charge < -0.3 is 33.8 Å². The highest BCUT2D eigenvalue weighted by Crippen LogP contribution is 2.45. The zero-order valence-electron chi connectivity index (χ0n) is 73.7. The molecule has 0 aromatic heterocycles. The fourth-order valence-electron chi connectivity index (χ4n) is 14.8. The molecule has 0 bridgehead atoms. The molecule has 3 N–H and O–H groups in total. The Morgan fingerprint density at radius 2 is 0.357 bits per heavy atom. The van der Waals surface area contributed by atoms with E-state index in [1.54, 1.807) is 0 Å². The van der Waals surface area contributed by atoms with Crippen LogP contribution in [0.5, 0.6) is 0 Å². The van der Waals surface area contributed by atoms with Gasteiger partial charge in [-0.05, 0) is 25.7 Å². The predicted molar refractivity (Wildman–Crippen MR) is 465 cm³/mol. The van der Waals surface area contributed by atoms with Crippen molar-refractivity contribution in [1.82, 2.24) is 0 Å². The summed E-state index contributed by atoms with van der Waals surface area (Å²) in [7, 11) is -9.94. The van der Waals surface area contributed by atoms with Crippen molar-refractivity contribution in [3.8, 4) is 0 Å². The second kappa shape index (κ2) is 86.9. The summed E-state index contributed by atoms with van der Waals surface area (Å²) in [4.78, 5) is 73.5. The van der Waals surface area contributed by atoms with Gasteiger partial charge in [0.1, 0.15) is 19.3 Å². The number of carbonyl (C=O) groups is 4. The monoisotopic (exact) mass is 1630 g/mol. The van der Waals surface area contributed by atoms with Crippen LogP contribution in [0.2, 0.25) is 0 Å². The van der Waals surface area contributed by atoms with Gasteiger partial charge in [-0.3, -0.25) is 37.3 Å². The van der Waals surface area contributed by atoms with Crippen LogP contribution < -0.4 is 0 Å². The number of hydrogen-bond acceptors (Lipinski definition) is 15. The van der Waals surface area contributed by atoms with E-state index < -0.39 is 97.5 Å². The third-order valence-corrected chi connectivity index (χ3v) is 24.0. The highest BCUT2D eigenvalue weighted by atomic mass is 31.2. The number of hydrogen-bond donors (Lipinski definition) is 3. The molecule has 0 saturated carbocycles. The van der Waals surface area contributed by atoms with Crippen LogP contribution in [0.25, 0.3) is 0 Å². The number of phosphoric ester groups is 2. The van der Waals surface area contributed by atoms with Crippen molar-refractivity contribution in [2.24, 2.45) is 0 Å².